The maximum atomic E-state index is 10.4. The zero-order valence-electron chi connectivity index (χ0n) is 23.0. The molecule has 1 aliphatic rings. The van der Waals surface area contributed by atoms with E-state index in [1.807, 2.05) is 102 Å². The van der Waals surface area contributed by atoms with E-state index in [0.717, 1.165) is 22.6 Å². The SMILES string of the molecule is CC.CC.CC.CCCCC1CCCCC1.O=[C-]Cc1ccccc1-c1ccccc1.[CH3-].[W+2]. The molecule has 1 nitrogen and oxygen atoms in total. The average Bonchev–Trinajstić information content (AvgIpc) is 2.88. The third-order valence-corrected chi connectivity index (χ3v) is 5.06. The fourth-order valence-electron chi connectivity index (χ4n) is 3.62. The molecule has 0 amide bonds. The van der Waals surface area contributed by atoms with Crippen molar-refractivity contribution in [3.05, 3.63) is 67.6 Å². The fraction of sp³-hybridized carbons (Fsp3) is 0.548. The Morgan fingerprint density at radius 2 is 1.30 bits per heavy atom. The molecule has 0 aliphatic heterocycles. The van der Waals surface area contributed by atoms with Gasteiger partial charge in [0.15, 0.2) is 0 Å². The van der Waals surface area contributed by atoms with Crippen molar-refractivity contribution in [2.75, 3.05) is 0 Å². The van der Waals surface area contributed by atoms with Crippen LogP contribution in [-0.4, -0.2) is 6.29 Å². The zero-order valence-corrected chi connectivity index (χ0v) is 25.9. The summed E-state index contributed by atoms with van der Waals surface area (Å²) < 4.78 is 0. The Morgan fingerprint density at radius 1 is 0.788 bits per heavy atom. The Hall–Kier alpha value is -1.20. The smallest absolute Gasteiger partial charge is 0.541 e. The van der Waals surface area contributed by atoms with Crippen LogP contribution < -0.4 is 0 Å². The minimum absolute atomic E-state index is 0. The Kier molecular flexibility index (Phi) is 36.4. The van der Waals surface area contributed by atoms with Crippen LogP contribution in [0.1, 0.15) is 105 Å². The summed E-state index contributed by atoms with van der Waals surface area (Å²) in [7, 11) is 0. The Balaban J connectivity index is -0.000000206. The molecule has 2 aromatic rings. The van der Waals surface area contributed by atoms with Gasteiger partial charge in [0.05, 0.1) is 0 Å². The molecule has 0 unspecified atom stereocenters. The van der Waals surface area contributed by atoms with Crippen molar-refractivity contribution in [3.8, 4) is 11.1 Å². The van der Waals surface area contributed by atoms with Crippen LogP contribution in [0.4, 0.5) is 0 Å². The van der Waals surface area contributed by atoms with Crippen LogP contribution in [0, 0.1) is 13.3 Å². The third-order valence-electron chi connectivity index (χ3n) is 5.06. The first-order chi connectivity index (χ1) is 15.3. The molecule has 0 aromatic heterocycles. The molecular weight excluding hydrogens is 572 g/mol. The van der Waals surface area contributed by atoms with E-state index >= 15 is 0 Å². The number of carbonyl (C=O) groups excluding carboxylic acids is 1. The second-order valence-electron chi connectivity index (χ2n) is 6.99. The summed E-state index contributed by atoms with van der Waals surface area (Å²) in [6.07, 6.45) is 14.2. The molecule has 0 bridgehead atoms. The first-order valence-electron chi connectivity index (χ1n) is 12.8. The number of hydrogen-bond acceptors (Lipinski definition) is 1. The van der Waals surface area contributed by atoms with Gasteiger partial charge in [-0.2, -0.15) is 0 Å². The number of hydrogen-bond donors (Lipinski definition) is 0. The van der Waals surface area contributed by atoms with Crippen molar-refractivity contribution in [2.45, 2.75) is 106 Å². The van der Waals surface area contributed by atoms with Crippen LogP contribution in [0.25, 0.3) is 11.1 Å². The largest absolute Gasteiger partial charge is 2.00 e. The summed E-state index contributed by atoms with van der Waals surface area (Å²) in [4.78, 5) is 10.4. The summed E-state index contributed by atoms with van der Waals surface area (Å²) in [6.45, 7) is 14.3. The number of rotatable bonds is 6. The van der Waals surface area contributed by atoms with Crippen molar-refractivity contribution < 1.29 is 25.9 Å². The summed E-state index contributed by atoms with van der Waals surface area (Å²) in [5.41, 5.74) is 3.28. The van der Waals surface area contributed by atoms with Gasteiger partial charge in [0.1, 0.15) is 0 Å². The van der Waals surface area contributed by atoms with Crippen molar-refractivity contribution >= 4 is 6.29 Å². The van der Waals surface area contributed by atoms with E-state index in [2.05, 4.69) is 6.92 Å². The van der Waals surface area contributed by atoms with Crippen molar-refractivity contribution in [1.82, 2.24) is 0 Å². The molecule has 1 aliphatic carbocycles. The minimum atomic E-state index is 0. The molecule has 1 fully saturated rings. The monoisotopic (exact) mass is 624 g/mol. The Labute approximate surface area is 222 Å². The van der Waals surface area contributed by atoms with Gasteiger partial charge in [-0.05, 0) is 17.0 Å². The molecule has 3 rings (SSSR count). The molecule has 188 valence electrons. The quantitative estimate of drug-likeness (QED) is 0.293. The fourth-order valence-corrected chi connectivity index (χ4v) is 3.62. The zero-order chi connectivity index (χ0) is 23.7. The second-order valence-corrected chi connectivity index (χ2v) is 6.99. The first kappa shape index (κ1) is 39.0. The molecule has 2 heteroatoms. The molecular formula is C31H52OW. The van der Waals surface area contributed by atoms with E-state index in [0.29, 0.717) is 6.42 Å². The molecule has 33 heavy (non-hydrogen) atoms. The molecule has 2 aromatic carbocycles. The van der Waals surface area contributed by atoms with Gasteiger partial charge in [0.2, 0.25) is 0 Å². The standard InChI is InChI=1S/C14H11O.C10H20.3C2H6.CH3.W/c15-11-10-13-8-4-5-9-14(13)12-6-2-1-3-7-12;1-2-3-7-10-8-5-4-6-9-10;3*1-2;;/h1-9H,10H2;10H,2-9H2,1H3;3*1-2H3;1H3;/q-1;;;;;-1;+2. The molecule has 0 atom stereocenters. The van der Waals surface area contributed by atoms with Crippen LogP contribution in [0.5, 0.6) is 0 Å². The first-order valence-corrected chi connectivity index (χ1v) is 12.8. The topological polar surface area (TPSA) is 17.1 Å². The maximum absolute atomic E-state index is 10.4. The van der Waals surface area contributed by atoms with Crippen molar-refractivity contribution in [2.24, 2.45) is 5.92 Å². The van der Waals surface area contributed by atoms with Gasteiger partial charge in [0.25, 0.3) is 0 Å². The minimum Gasteiger partial charge on any atom is -0.541 e. The van der Waals surface area contributed by atoms with E-state index in [9.17, 15) is 4.79 Å². The average molecular weight is 625 g/mol. The van der Waals surface area contributed by atoms with Gasteiger partial charge in [-0.15, -0.1) is 6.42 Å². The normalized spacial score (nSPS) is 11.5. The third kappa shape index (κ3) is 18.9. The van der Waals surface area contributed by atoms with Gasteiger partial charge in [-0.3, -0.25) is 6.29 Å². The Morgan fingerprint density at radius 3 is 1.82 bits per heavy atom. The molecule has 0 N–H and O–H groups in total. The van der Waals surface area contributed by atoms with Gasteiger partial charge < -0.3 is 12.2 Å². The molecule has 0 radical (unpaired) electrons. The van der Waals surface area contributed by atoms with E-state index in [-0.39, 0.29) is 28.5 Å². The van der Waals surface area contributed by atoms with E-state index < -0.39 is 0 Å². The maximum Gasteiger partial charge on any atom is 2.00 e. The molecule has 0 heterocycles. The van der Waals surface area contributed by atoms with E-state index in [1.54, 1.807) is 0 Å². The van der Waals surface area contributed by atoms with Crippen molar-refractivity contribution in [3.63, 3.8) is 0 Å². The molecule has 0 spiro atoms. The summed E-state index contributed by atoms with van der Waals surface area (Å²) in [5.74, 6) is 1.11. The van der Waals surface area contributed by atoms with Crippen molar-refractivity contribution in [1.29, 1.82) is 0 Å². The predicted molar refractivity (Wildman–Crippen MR) is 148 cm³/mol. The molecule has 0 saturated heterocycles. The van der Waals surface area contributed by atoms with Gasteiger partial charge in [0, 0.05) is 0 Å². The van der Waals surface area contributed by atoms with Gasteiger partial charge in [-0.25, -0.2) is 0 Å². The van der Waals surface area contributed by atoms with E-state index in [4.69, 9.17) is 0 Å². The van der Waals surface area contributed by atoms with Gasteiger partial charge >= 0.3 is 21.1 Å². The van der Waals surface area contributed by atoms with Crippen LogP contribution in [0.3, 0.4) is 0 Å². The molecule has 1 saturated carbocycles. The van der Waals surface area contributed by atoms with E-state index in [1.165, 1.54) is 51.4 Å². The number of unbranched alkanes of at least 4 members (excludes halogenated alkanes) is 1. The number of benzene rings is 2. The summed E-state index contributed by atoms with van der Waals surface area (Å²) in [6, 6.07) is 18.0. The summed E-state index contributed by atoms with van der Waals surface area (Å²) >= 11 is 0. The van der Waals surface area contributed by atoms with Gasteiger partial charge in [-0.1, -0.05) is 160 Å². The summed E-state index contributed by atoms with van der Waals surface area (Å²) in [5, 5.41) is 0. The van der Waals surface area contributed by atoms with Crippen LogP contribution >= 0.6 is 0 Å². The van der Waals surface area contributed by atoms with Crippen LogP contribution in [0.2, 0.25) is 0 Å². The van der Waals surface area contributed by atoms with Crippen LogP contribution in [-0.2, 0) is 32.3 Å². The predicted octanol–water partition coefficient (Wildman–Crippen LogP) is 10.3. The Bertz CT molecular complexity index is 603. The second kappa shape index (κ2) is 30.8. The van der Waals surface area contributed by atoms with Crippen LogP contribution in [0.15, 0.2) is 54.6 Å².